The van der Waals surface area contributed by atoms with Crippen LogP contribution in [0.4, 0.5) is 0 Å². The van der Waals surface area contributed by atoms with Gasteiger partial charge in [-0.3, -0.25) is 4.79 Å². The van der Waals surface area contributed by atoms with E-state index < -0.39 is 0 Å². The van der Waals surface area contributed by atoms with Gasteiger partial charge in [0.2, 0.25) is 5.88 Å². The summed E-state index contributed by atoms with van der Waals surface area (Å²) in [5.74, 6) is 0.447. The summed E-state index contributed by atoms with van der Waals surface area (Å²) in [7, 11) is 1.53. The molecular weight excluding hydrogens is 242 g/mol. The van der Waals surface area contributed by atoms with Gasteiger partial charge in [0.25, 0.3) is 5.56 Å². The van der Waals surface area contributed by atoms with Crippen LogP contribution in [0, 0.1) is 0 Å². The zero-order chi connectivity index (χ0) is 13.5. The average molecular weight is 259 g/mol. The van der Waals surface area contributed by atoms with E-state index in [2.05, 4.69) is 22.5 Å². The van der Waals surface area contributed by atoms with Crippen molar-refractivity contribution in [2.24, 2.45) is 0 Å². The SMILES string of the molecule is COc1ccc(=O)n(CCNCc2ccccc2)n1. The molecule has 100 valence electrons. The molecule has 1 heterocycles. The molecule has 0 aliphatic heterocycles. The topological polar surface area (TPSA) is 56.1 Å². The number of methoxy groups -OCH3 is 1. The largest absolute Gasteiger partial charge is 0.480 e. The minimum absolute atomic E-state index is 0.123. The Hall–Kier alpha value is -2.14. The first-order valence-electron chi connectivity index (χ1n) is 6.16. The third kappa shape index (κ3) is 3.93. The van der Waals surface area contributed by atoms with Crippen LogP contribution >= 0.6 is 0 Å². The Morgan fingerprint density at radius 1 is 1.21 bits per heavy atom. The molecule has 0 aliphatic carbocycles. The van der Waals surface area contributed by atoms with E-state index in [0.717, 1.165) is 6.54 Å². The summed E-state index contributed by atoms with van der Waals surface area (Å²) in [6.45, 7) is 1.97. The highest BCUT2D eigenvalue weighted by molar-refractivity contribution is 5.14. The number of aromatic nitrogens is 2. The Balaban J connectivity index is 1.84. The summed E-state index contributed by atoms with van der Waals surface area (Å²) >= 11 is 0. The van der Waals surface area contributed by atoms with E-state index in [1.807, 2.05) is 18.2 Å². The fraction of sp³-hybridized carbons (Fsp3) is 0.286. The van der Waals surface area contributed by atoms with E-state index in [9.17, 15) is 4.79 Å². The van der Waals surface area contributed by atoms with Crippen molar-refractivity contribution >= 4 is 0 Å². The molecule has 0 unspecified atom stereocenters. The third-order valence-electron chi connectivity index (χ3n) is 2.72. The first-order valence-corrected chi connectivity index (χ1v) is 6.16. The monoisotopic (exact) mass is 259 g/mol. The lowest BCUT2D eigenvalue weighted by Crippen LogP contribution is -2.28. The molecule has 0 radical (unpaired) electrons. The number of nitrogens with zero attached hydrogens (tertiary/aromatic N) is 2. The van der Waals surface area contributed by atoms with Crippen molar-refractivity contribution in [3.63, 3.8) is 0 Å². The molecule has 2 rings (SSSR count). The van der Waals surface area contributed by atoms with Crippen LogP contribution in [0.2, 0.25) is 0 Å². The maximum absolute atomic E-state index is 11.6. The Labute approximate surface area is 111 Å². The highest BCUT2D eigenvalue weighted by Gasteiger charge is 2.00. The molecule has 0 spiro atoms. The van der Waals surface area contributed by atoms with E-state index in [0.29, 0.717) is 19.0 Å². The third-order valence-corrected chi connectivity index (χ3v) is 2.72. The highest BCUT2D eigenvalue weighted by Crippen LogP contribution is 1.99. The molecule has 5 nitrogen and oxygen atoms in total. The van der Waals surface area contributed by atoms with Crippen molar-refractivity contribution in [3.8, 4) is 5.88 Å². The van der Waals surface area contributed by atoms with Gasteiger partial charge in [-0.05, 0) is 5.56 Å². The first-order chi connectivity index (χ1) is 9.29. The molecule has 0 fully saturated rings. The van der Waals surface area contributed by atoms with Gasteiger partial charge >= 0.3 is 0 Å². The van der Waals surface area contributed by atoms with E-state index in [1.165, 1.54) is 23.4 Å². The number of ether oxygens (including phenoxy) is 1. The molecule has 0 aliphatic rings. The van der Waals surface area contributed by atoms with Gasteiger partial charge in [0.15, 0.2) is 0 Å². The van der Waals surface area contributed by atoms with Gasteiger partial charge in [0.05, 0.1) is 13.7 Å². The van der Waals surface area contributed by atoms with Gasteiger partial charge in [-0.1, -0.05) is 30.3 Å². The van der Waals surface area contributed by atoms with Gasteiger partial charge in [0.1, 0.15) is 0 Å². The summed E-state index contributed by atoms with van der Waals surface area (Å²) in [5.41, 5.74) is 1.09. The van der Waals surface area contributed by atoms with Crippen LogP contribution < -0.4 is 15.6 Å². The molecule has 0 saturated heterocycles. The zero-order valence-electron chi connectivity index (χ0n) is 10.9. The molecule has 19 heavy (non-hydrogen) atoms. The van der Waals surface area contributed by atoms with Crippen molar-refractivity contribution in [3.05, 3.63) is 58.4 Å². The molecule has 0 bridgehead atoms. The van der Waals surface area contributed by atoms with E-state index in [-0.39, 0.29) is 5.56 Å². The molecule has 1 aromatic carbocycles. The number of hydrogen-bond acceptors (Lipinski definition) is 4. The van der Waals surface area contributed by atoms with Gasteiger partial charge in [-0.25, -0.2) is 4.68 Å². The lowest BCUT2D eigenvalue weighted by Gasteiger charge is -2.07. The lowest BCUT2D eigenvalue weighted by atomic mass is 10.2. The van der Waals surface area contributed by atoms with Crippen molar-refractivity contribution in [1.82, 2.24) is 15.1 Å². The minimum atomic E-state index is -0.123. The number of hydrogen-bond donors (Lipinski definition) is 1. The standard InChI is InChI=1S/C14H17N3O2/c1-19-13-7-8-14(18)17(16-13)10-9-15-11-12-5-3-2-4-6-12/h2-8,15H,9-11H2,1H3. The predicted molar refractivity (Wildman–Crippen MR) is 73.2 cm³/mol. The maximum Gasteiger partial charge on any atom is 0.267 e. The van der Waals surface area contributed by atoms with Gasteiger partial charge in [-0.15, -0.1) is 5.10 Å². The lowest BCUT2D eigenvalue weighted by molar-refractivity contribution is 0.374. The van der Waals surface area contributed by atoms with Crippen LogP contribution in [0.5, 0.6) is 5.88 Å². The van der Waals surface area contributed by atoms with E-state index >= 15 is 0 Å². The van der Waals surface area contributed by atoms with Crippen molar-refractivity contribution in [2.75, 3.05) is 13.7 Å². The molecule has 1 aromatic heterocycles. The normalized spacial score (nSPS) is 10.4. The Bertz CT molecular complexity index is 566. The Kier molecular flexibility index (Phi) is 4.69. The van der Waals surface area contributed by atoms with Crippen LogP contribution in [-0.2, 0) is 13.1 Å². The van der Waals surface area contributed by atoms with E-state index in [4.69, 9.17) is 4.74 Å². The van der Waals surface area contributed by atoms with Crippen molar-refractivity contribution in [2.45, 2.75) is 13.1 Å². The minimum Gasteiger partial charge on any atom is -0.480 e. The molecule has 5 heteroatoms. The average Bonchev–Trinajstić information content (AvgIpc) is 2.46. The van der Waals surface area contributed by atoms with Crippen LogP contribution in [0.3, 0.4) is 0 Å². The summed E-state index contributed by atoms with van der Waals surface area (Å²) in [6, 6.07) is 13.1. The fourth-order valence-electron chi connectivity index (χ4n) is 1.71. The second kappa shape index (κ2) is 6.70. The van der Waals surface area contributed by atoms with E-state index in [1.54, 1.807) is 6.07 Å². The van der Waals surface area contributed by atoms with Gasteiger partial charge in [0, 0.05) is 25.2 Å². The van der Waals surface area contributed by atoms with Crippen LogP contribution in [0.15, 0.2) is 47.3 Å². The Morgan fingerprint density at radius 2 is 2.00 bits per heavy atom. The molecule has 2 aromatic rings. The highest BCUT2D eigenvalue weighted by atomic mass is 16.5. The van der Waals surface area contributed by atoms with Crippen molar-refractivity contribution in [1.29, 1.82) is 0 Å². The van der Waals surface area contributed by atoms with Crippen LogP contribution in [-0.4, -0.2) is 23.4 Å². The van der Waals surface area contributed by atoms with Crippen molar-refractivity contribution < 1.29 is 4.74 Å². The molecular formula is C14H17N3O2. The molecule has 0 atom stereocenters. The fourth-order valence-corrected chi connectivity index (χ4v) is 1.71. The molecule has 0 saturated carbocycles. The summed E-state index contributed by atoms with van der Waals surface area (Å²) < 4.78 is 6.39. The first kappa shape index (κ1) is 13.3. The Morgan fingerprint density at radius 3 is 2.74 bits per heavy atom. The number of rotatable bonds is 6. The molecule has 0 amide bonds. The quantitative estimate of drug-likeness (QED) is 0.788. The second-order valence-electron chi connectivity index (χ2n) is 4.10. The van der Waals surface area contributed by atoms with Crippen LogP contribution in [0.25, 0.3) is 0 Å². The maximum atomic E-state index is 11.6. The smallest absolute Gasteiger partial charge is 0.267 e. The summed E-state index contributed by atoms with van der Waals surface area (Å²) in [5, 5.41) is 7.35. The second-order valence-corrected chi connectivity index (χ2v) is 4.10. The predicted octanol–water partition coefficient (Wildman–Crippen LogP) is 1.04. The zero-order valence-corrected chi connectivity index (χ0v) is 10.9. The summed E-state index contributed by atoms with van der Waals surface area (Å²) in [6.07, 6.45) is 0. The van der Waals surface area contributed by atoms with Crippen LogP contribution in [0.1, 0.15) is 5.56 Å². The van der Waals surface area contributed by atoms with Gasteiger partial charge in [-0.2, -0.15) is 0 Å². The number of nitrogens with one attached hydrogen (secondary N) is 1. The van der Waals surface area contributed by atoms with Gasteiger partial charge < -0.3 is 10.1 Å². The number of benzene rings is 1. The molecule has 1 N–H and O–H groups in total. The summed E-state index contributed by atoms with van der Waals surface area (Å²) in [4.78, 5) is 11.6.